The van der Waals surface area contributed by atoms with E-state index in [2.05, 4.69) is 9.72 Å². The Bertz CT molecular complexity index is 350. The molecule has 14 heavy (non-hydrogen) atoms. The van der Waals surface area contributed by atoms with Gasteiger partial charge in [0.25, 0.3) is 0 Å². The van der Waals surface area contributed by atoms with Crippen LogP contribution in [0.15, 0.2) is 18.3 Å². The lowest BCUT2D eigenvalue weighted by atomic mass is 10.3. The van der Waals surface area contributed by atoms with E-state index in [0.29, 0.717) is 0 Å². The molecule has 0 aromatic carbocycles. The summed E-state index contributed by atoms with van der Waals surface area (Å²) in [6, 6.07) is 2.03. The third kappa shape index (κ3) is 2.61. The minimum atomic E-state index is -4.92. The molecule has 7 heteroatoms. The van der Waals surface area contributed by atoms with E-state index < -0.39 is 23.8 Å². The van der Waals surface area contributed by atoms with Crippen LogP contribution in [0, 0.1) is 0 Å². The highest BCUT2D eigenvalue weighted by atomic mass is 19.4. The van der Waals surface area contributed by atoms with Crippen LogP contribution in [-0.2, 0) is 0 Å². The summed E-state index contributed by atoms with van der Waals surface area (Å²) in [6.07, 6.45) is -3.86. The number of hydrogen-bond donors (Lipinski definition) is 1. The maximum atomic E-state index is 11.7. The van der Waals surface area contributed by atoms with Crippen molar-refractivity contribution in [3.8, 4) is 5.75 Å². The molecule has 0 aliphatic rings. The van der Waals surface area contributed by atoms with Crippen LogP contribution in [0.1, 0.15) is 10.5 Å². The number of alkyl halides is 3. The lowest BCUT2D eigenvalue weighted by molar-refractivity contribution is -0.274. The zero-order valence-corrected chi connectivity index (χ0v) is 6.58. The van der Waals surface area contributed by atoms with E-state index >= 15 is 0 Å². The molecule has 0 bridgehead atoms. The van der Waals surface area contributed by atoms with Crippen molar-refractivity contribution in [3.05, 3.63) is 24.0 Å². The van der Waals surface area contributed by atoms with Gasteiger partial charge in [0.2, 0.25) is 0 Å². The number of halogens is 3. The third-order valence-electron chi connectivity index (χ3n) is 1.20. The summed E-state index contributed by atoms with van der Waals surface area (Å²) in [4.78, 5) is 13.6. The van der Waals surface area contributed by atoms with E-state index in [9.17, 15) is 18.0 Å². The molecule has 1 heterocycles. The fraction of sp³-hybridized carbons (Fsp3) is 0.143. The van der Waals surface area contributed by atoms with Crippen molar-refractivity contribution < 1.29 is 27.8 Å². The van der Waals surface area contributed by atoms with Crippen LogP contribution in [0.4, 0.5) is 13.2 Å². The van der Waals surface area contributed by atoms with E-state index in [4.69, 9.17) is 5.11 Å². The van der Waals surface area contributed by atoms with Crippen LogP contribution in [0.25, 0.3) is 0 Å². The minimum absolute atomic E-state index is 0.773. The number of aromatic nitrogens is 1. The Morgan fingerprint density at radius 2 is 2.14 bits per heavy atom. The first-order chi connectivity index (χ1) is 6.40. The van der Waals surface area contributed by atoms with Gasteiger partial charge in [0.15, 0.2) is 11.4 Å². The molecule has 0 amide bonds. The van der Waals surface area contributed by atoms with Crippen LogP contribution in [0.3, 0.4) is 0 Å². The first-order valence-electron chi connectivity index (χ1n) is 3.34. The highest BCUT2D eigenvalue weighted by molar-refractivity contribution is 5.88. The smallest absolute Gasteiger partial charge is 0.476 e. The second kappa shape index (κ2) is 3.52. The number of hydrogen-bond acceptors (Lipinski definition) is 3. The Morgan fingerprint density at radius 3 is 2.64 bits per heavy atom. The summed E-state index contributed by atoms with van der Waals surface area (Å²) in [7, 11) is 0. The van der Waals surface area contributed by atoms with E-state index in [-0.39, 0.29) is 0 Å². The monoisotopic (exact) mass is 207 g/mol. The van der Waals surface area contributed by atoms with Crippen molar-refractivity contribution in [1.82, 2.24) is 4.98 Å². The van der Waals surface area contributed by atoms with Gasteiger partial charge in [-0.15, -0.1) is 13.2 Å². The Kier molecular flexibility index (Phi) is 2.59. The number of pyridine rings is 1. The van der Waals surface area contributed by atoms with E-state index in [1.807, 2.05) is 0 Å². The molecular weight excluding hydrogens is 203 g/mol. The summed E-state index contributed by atoms with van der Waals surface area (Å²) < 4.78 is 38.7. The van der Waals surface area contributed by atoms with Gasteiger partial charge in [-0.1, -0.05) is 0 Å². The third-order valence-corrected chi connectivity index (χ3v) is 1.20. The number of carboxylic acids is 1. The number of carbonyl (C=O) groups is 1. The molecule has 0 saturated heterocycles. The van der Waals surface area contributed by atoms with Gasteiger partial charge in [-0.05, 0) is 12.1 Å². The normalized spacial score (nSPS) is 11.1. The quantitative estimate of drug-likeness (QED) is 0.801. The Morgan fingerprint density at radius 1 is 1.50 bits per heavy atom. The van der Waals surface area contributed by atoms with Crippen LogP contribution < -0.4 is 4.74 Å². The van der Waals surface area contributed by atoms with Crippen molar-refractivity contribution in [2.45, 2.75) is 6.36 Å². The highest BCUT2D eigenvalue weighted by Gasteiger charge is 2.33. The van der Waals surface area contributed by atoms with Crippen molar-refractivity contribution in [2.24, 2.45) is 0 Å². The predicted molar refractivity (Wildman–Crippen MR) is 37.9 cm³/mol. The summed E-state index contributed by atoms with van der Waals surface area (Å²) in [5.74, 6) is -2.41. The highest BCUT2D eigenvalue weighted by Crippen LogP contribution is 2.24. The average molecular weight is 207 g/mol. The maximum absolute atomic E-state index is 11.7. The number of aromatic carboxylic acids is 1. The van der Waals surface area contributed by atoms with Gasteiger partial charge in [0.1, 0.15) is 0 Å². The summed E-state index contributed by atoms with van der Waals surface area (Å²) >= 11 is 0. The van der Waals surface area contributed by atoms with Gasteiger partial charge in [-0.2, -0.15) is 0 Å². The molecule has 0 radical (unpaired) electrons. The number of carboxylic acid groups (broad SMARTS) is 1. The van der Waals surface area contributed by atoms with Crippen LogP contribution >= 0.6 is 0 Å². The van der Waals surface area contributed by atoms with Crippen molar-refractivity contribution in [3.63, 3.8) is 0 Å². The fourth-order valence-corrected chi connectivity index (χ4v) is 0.758. The molecule has 4 nitrogen and oxygen atoms in total. The van der Waals surface area contributed by atoms with E-state index in [0.717, 1.165) is 18.3 Å². The molecule has 0 aliphatic heterocycles. The molecule has 0 atom stereocenters. The lowest BCUT2D eigenvalue weighted by Gasteiger charge is -2.09. The molecule has 1 N–H and O–H groups in total. The SMILES string of the molecule is O=C(O)c1ncccc1OC(F)(F)F. The molecule has 1 rings (SSSR count). The first kappa shape index (κ1) is 10.3. The standard InChI is InChI=1S/C7H4F3NO3/c8-7(9,10)14-4-2-1-3-11-5(4)6(12)13/h1-3H,(H,12,13). The van der Waals surface area contributed by atoms with Gasteiger partial charge in [-0.25, -0.2) is 9.78 Å². The average Bonchev–Trinajstić information content (AvgIpc) is 2.01. The largest absolute Gasteiger partial charge is 0.573 e. The van der Waals surface area contributed by atoms with Gasteiger partial charge in [0, 0.05) is 6.20 Å². The zero-order chi connectivity index (χ0) is 10.8. The van der Waals surface area contributed by atoms with Gasteiger partial charge >= 0.3 is 12.3 Å². The van der Waals surface area contributed by atoms with Crippen LogP contribution in [0.5, 0.6) is 5.75 Å². The summed E-state index contributed by atoms with van der Waals surface area (Å²) in [6.45, 7) is 0. The maximum Gasteiger partial charge on any atom is 0.573 e. The molecule has 1 aromatic rings. The topological polar surface area (TPSA) is 59.4 Å². The second-order valence-corrected chi connectivity index (χ2v) is 2.20. The van der Waals surface area contributed by atoms with Gasteiger partial charge in [0.05, 0.1) is 0 Å². The fourth-order valence-electron chi connectivity index (χ4n) is 0.758. The van der Waals surface area contributed by atoms with Crippen molar-refractivity contribution in [2.75, 3.05) is 0 Å². The molecule has 0 aliphatic carbocycles. The molecule has 0 spiro atoms. The first-order valence-corrected chi connectivity index (χ1v) is 3.34. The van der Waals surface area contributed by atoms with Crippen molar-refractivity contribution >= 4 is 5.97 Å². The molecule has 0 fully saturated rings. The van der Waals surface area contributed by atoms with E-state index in [1.165, 1.54) is 0 Å². The Balaban J connectivity index is 3.02. The Labute approximate surface area is 75.9 Å². The molecule has 0 unspecified atom stereocenters. The molecule has 0 saturated carbocycles. The van der Waals surface area contributed by atoms with Gasteiger partial charge < -0.3 is 9.84 Å². The minimum Gasteiger partial charge on any atom is -0.476 e. The molecular formula is C7H4F3NO3. The van der Waals surface area contributed by atoms with Crippen LogP contribution in [0.2, 0.25) is 0 Å². The van der Waals surface area contributed by atoms with Crippen LogP contribution in [-0.4, -0.2) is 22.4 Å². The number of rotatable bonds is 2. The number of ether oxygens (including phenoxy) is 1. The van der Waals surface area contributed by atoms with E-state index in [1.54, 1.807) is 0 Å². The predicted octanol–water partition coefficient (Wildman–Crippen LogP) is 1.68. The lowest BCUT2D eigenvalue weighted by Crippen LogP contribution is -2.19. The Hall–Kier alpha value is -1.79. The van der Waals surface area contributed by atoms with Crippen molar-refractivity contribution in [1.29, 1.82) is 0 Å². The van der Waals surface area contributed by atoms with Gasteiger partial charge in [-0.3, -0.25) is 0 Å². The summed E-state index contributed by atoms with van der Waals surface area (Å²) in [5, 5.41) is 8.45. The molecule has 76 valence electrons. The summed E-state index contributed by atoms with van der Waals surface area (Å²) in [5.41, 5.74) is -0.773. The number of nitrogens with zero attached hydrogens (tertiary/aromatic N) is 1. The molecule has 1 aromatic heterocycles. The zero-order valence-electron chi connectivity index (χ0n) is 6.58. The second-order valence-electron chi connectivity index (χ2n) is 2.20.